The molecule has 1 N–H and O–H groups in total. The molecule has 2 fully saturated rings. The Hall–Kier alpha value is -0.610. The second-order valence-electron chi connectivity index (χ2n) is 6.48. The Labute approximate surface area is 116 Å². The summed E-state index contributed by atoms with van der Waals surface area (Å²) in [5, 5.41) is 9.67. The van der Waals surface area contributed by atoms with E-state index in [1.807, 2.05) is 0 Å². The molecular weight excluding hydrogens is 240 g/mol. The van der Waals surface area contributed by atoms with Crippen LogP contribution < -0.4 is 0 Å². The lowest BCUT2D eigenvalue weighted by atomic mass is 9.70. The van der Waals surface area contributed by atoms with Crippen molar-refractivity contribution in [3.8, 4) is 0 Å². The third kappa shape index (κ3) is 3.48. The van der Waals surface area contributed by atoms with Gasteiger partial charge in [-0.1, -0.05) is 13.8 Å². The van der Waals surface area contributed by atoms with E-state index in [4.69, 9.17) is 0 Å². The van der Waals surface area contributed by atoms with Gasteiger partial charge in [-0.25, -0.2) is 0 Å². The van der Waals surface area contributed by atoms with Crippen LogP contribution in [0.1, 0.15) is 39.5 Å². The molecule has 1 aliphatic carbocycles. The van der Waals surface area contributed by atoms with Crippen molar-refractivity contribution < 1.29 is 9.90 Å². The monoisotopic (exact) mass is 268 g/mol. The molecule has 0 aromatic heterocycles. The molecule has 1 saturated heterocycles. The number of aliphatic carboxylic acids is 1. The van der Waals surface area contributed by atoms with Crippen LogP contribution in [0.15, 0.2) is 0 Å². The van der Waals surface area contributed by atoms with E-state index < -0.39 is 11.4 Å². The van der Waals surface area contributed by atoms with E-state index in [0.717, 1.165) is 65.0 Å². The Kier molecular flexibility index (Phi) is 4.85. The smallest absolute Gasteiger partial charge is 0.310 e. The number of carboxylic acid groups (broad SMARTS) is 1. The largest absolute Gasteiger partial charge is 0.481 e. The average molecular weight is 268 g/mol. The Morgan fingerprint density at radius 2 is 1.68 bits per heavy atom. The van der Waals surface area contributed by atoms with Gasteiger partial charge in [-0.2, -0.15) is 0 Å². The van der Waals surface area contributed by atoms with Crippen LogP contribution in [0.2, 0.25) is 0 Å². The van der Waals surface area contributed by atoms with Gasteiger partial charge in [0.2, 0.25) is 0 Å². The van der Waals surface area contributed by atoms with Gasteiger partial charge in [-0.3, -0.25) is 9.69 Å². The van der Waals surface area contributed by atoms with E-state index in [2.05, 4.69) is 23.6 Å². The summed E-state index contributed by atoms with van der Waals surface area (Å²) in [6.45, 7) is 10.5. The van der Waals surface area contributed by atoms with Gasteiger partial charge < -0.3 is 10.0 Å². The lowest BCUT2D eigenvalue weighted by Crippen LogP contribution is -2.52. The summed E-state index contributed by atoms with van der Waals surface area (Å²) in [4.78, 5) is 16.5. The molecule has 0 unspecified atom stereocenters. The predicted octanol–water partition coefficient (Wildman–Crippen LogP) is 1.90. The molecule has 19 heavy (non-hydrogen) atoms. The fourth-order valence-corrected chi connectivity index (χ4v) is 3.45. The van der Waals surface area contributed by atoms with Crippen molar-refractivity contribution in [3.63, 3.8) is 0 Å². The fraction of sp³-hybridized carbons (Fsp3) is 0.933. The zero-order chi connectivity index (χ0) is 13.9. The van der Waals surface area contributed by atoms with Crippen molar-refractivity contribution in [2.45, 2.75) is 39.5 Å². The van der Waals surface area contributed by atoms with E-state index in [9.17, 15) is 9.90 Å². The third-order valence-electron chi connectivity index (χ3n) is 5.12. The molecule has 0 radical (unpaired) electrons. The molecule has 4 heteroatoms. The first-order valence-corrected chi connectivity index (χ1v) is 7.74. The number of hydrogen-bond donors (Lipinski definition) is 1. The first-order valence-electron chi connectivity index (χ1n) is 7.74. The topological polar surface area (TPSA) is 43.8 Å². The molecule has 110 valence electrons. The minimum Gasteiger partial charge on any atom is -0.481 e. The predicted molar refractivity (Wildman–Crippen MR) is 76.3 cm³/mol. The van der Waals surface area contributed by atoms with Crippen LogP contribution in [0.3, 0.4) is 0 Å². The van der Waals surface area contributed by atoms with Crippen LogP contribution in [-0.2, 0) is 4.79 Å². The first-order chi connectivity index (χ1) is 9.05. The minimum absolute atomic E-state index is 0.471. The van der Waals surface area contributed by atoms with Crippen LogP contribution in [0.5, 0.6) is 0 Å². The molecule has 0 spiro atoms. The highest BCUT2D eigenvalue weighted by atomic mass is 16.4. The number of hydrogen-bond acceptors (Lipinski definition) is 3. The van der Waals surface area contributed by atoms with Crippen molar-refractivity contribution in [2.24, 2.45) is 11.3 Å². The normalized spacial score (nSPS) is 34.3. The summed E-state index contributed by atoms with van der Waals surface area (Å²) in [5.41, 5.74) is -0.471. The Balaban J connectivity index is 1.93. The number of likely N-dealkylation sites (N-methyl/N-ethyl adjacent to an activating group) is 1. The molecule has 2 rings (SSSR count). The maximum atomic E-state index is 11.7. The van der Waals surface area contributed by atoms with E-state index in [0.29, 0.717) is 5.92 Å². The molecule has 1 aliphatic heterocycles. The van der Waals surface area contributed by atoms with Gasteiger partial charge in [0.25, 0.3) is 0 Å². The number of nitrogens with zero attached hydrogens (tertiary/aromatic N) is 2. The van der Waals surface area contributed by atoms with Gasteiger partial charge in [0.1, 0.15) is 0 Å². The molecule has 2 aliphatic rings. The lowest BCUT2D eigenvalue weighted by Gasteiger charge is -2.42. The highest BCUT2D eigenvalue weighted by Crippen LogP contribution is 2.40. The van der Waals surface area contributed by atoms with E-state index in [-0.39, 0.29) is 0 Å². The van der Waals surface area contributed by atoms with Crippen LogP contribution >= 0.6 is 0 Å². The quantitative estimate of drug-likeness (QED) is 0.846. The zero-order valence-electron chi connectivity index (χ0n) is 12.4. The van der Waals surface area contributed by atoms with Crippen molar-refractivity contribution in [1.29, 1.82) is 0 Å². The van der Waals surface area contributed by atoms with Gasteiger partial charge in [-0.15, -0.1) is 0 Å². The van der Waals surface area contributed by atoms with Gasteiger partial charge in [0.15, 0.2) is 0 Å². The van der Waals surface area contributed by atoms with Gasteiger partial charge in [-0.05, 0) is 38.1 Å². The molecule has 4 nitrogen and oxygen atoms in total. The Bertz CT molecular complexity index is 303. The molecule has 0 atom stereocenters. The van der Waals surface area contributed by atoms with E-state index in [1.54, 1.807) is 0 Å². The average Bonchev–Trinajstić information content (AvgIpc) is 2.42. The summed E-state index contributed by atoms with van der Waals surface area (Å²) in [5.74, 6) is 0.127. The van der Waals surface area contributed by atoms with Crippen LogP contribution in [0.4, 0.5) is 0 Å². The number of piperazine rings is 1. The third-order valence-corrected chi connectivity index (χ3v) is 5.12. The molecule has 1 saturated carbocycles. The number of rotatable bonds is 4. The van der Waals surface area contributed by atoms with Crippen LogP contribution in [0.25, 0.3) is 0 Å². The fourth-order valence-electron chi connectivity index (χ4n) is 3.45. The molecule has 0 amide bonds. The number of carbonyl (C=O) groups is 1. The van der Waals surface area contributed by atoms with E-state index >= 15 is 0 Å². The molecule has 1 heterocycles. The Morgan fingerprint density at radius 3 is 2.16 bits per heavy atom. The maximum absolute atomic E-state index is 11.7. The lowest BCUT2D eigenvalue weighted by molar-refractivity contribution is -0.153. The summed E-state index contributed by atoms with van der Waals surface area (Å²) in [6, 6.07) is 0. The minimum atomic E-state index is -0.572. The zero-order valence-corrected chi connectivity index (χ0v) is 12.4. The van der Waals surface area contributed by atoms with Crippen LogP contribution in [-0.4, -0.2) is 60.1 Å². The Morgan fingerprint density at radius 1 is 1.16 bits per heavy atom. The van der Waals surface area contributed by atoms with Gasteiger partial charge >= 0.3 is 5.97 Å². The summed E-state index contributed by atoms with van der Waals surface area (Å²) < 4.78 is 0. The van der Waals surface area contributed by atoms with Crippen LogP contribution in [0, 0.1) is 11.3 Å². The van der Waals surface area contributed by atoms with Crippen molar-refractivity contribution >= 4 is 5.97 Å². The maximum Gasteiger partial charge on any atom is 0.310 e. The second kappa shape index (κ2) is 6.23. The summed E-state index contributed by atoms with van der Waals surface area (Å²) >= 11 is 0. The molecular formula is C15H28N2O2. The summed E-state index contributed by atoms with van der Waals surface area (Å²) in [7, 11) is 0. The standard InChI is InChI=1S/C15H28N2O2/c1-3-16-8-10-17(11-9-16)12-15(14(18)19)6-4-13(2)5-7-15/h13H,3-12H2,1-2H3,(H,18,19). The number of carboxylic acids is 1. The summed E-state index contributed by atoms with van der Waals surface area (Å²) in [6.07, 6.45) is 3.86. The SMILES string of the molecule is CCN1CCN(CC2(C(=O)O)CCC(C)CC2)CC1. The first kappa shape index (κ1) is 14.8. The second-order valence-corrected chi connectivity index (χ2v) is 6.48. The van der Waals surface area contributed by atoms with Gasteiger partial charge in [0, 0.05) is 32.7 Å². The molecule has 0 bridgehead atoms. The molecule has 0 aromatic carbocycles. The van der Waals surface area contributed by atoms with Gasteiger partial charge in [0.05, 0.1) is 5.41 Å². The van der Waals surface area contributed by atoms with E-state index in [1.165, 1.54) is 0 Å². The highest BCUT2D eigenvalue weighted by Gasteiger charge is 2.42. The highest BCUT2D eigenvalue weighted by molar-refractivity contribution is 5.75. The molecule has 0 aromatic rings. The van der Waals surface area contributed by atoms with Crippen molar-refractivity contribution in [1.82, 2.24) is 9.80 Å². The van der Waals surface area contributed by atoms with Crippen molar-refractivity contribution in [2.75, 3.05) is 39.3 Å². The van der Waals surface area contributed by atoms with Crippen molar-refractivity contribution in [3.05, 3.63) is 0 Å².